The fourth-order valence-electron chi connectivity index (χ4n) is 13.0. The van der Waals surface area contributed by atoms with Gasteiger partial charge in [-0.05, 0) is 10.8 Å². The third-order valence-electron chi connectivity index (χ3n) is 18.0. The number of hydrogen-bond acceptors (Lipinski definition) is 4. The second-order valence-electron chi connectivity index (χ2n) is 29.2. The molecule has 0 atom stereocenters. The van der Waals surface area contributed by atoms with E-state index in [2.05, 4.69) is 271 Å². The number of fused-ring (bicyclic) bond motifs is 11. The standard InChI is InChI=1S/C80H78BN3OSSe/c1-76(2,3)49-25-33-55(34-26-49)82(54-21-17-16-18-22-54)58-39-40-63-70(46-58)87-71-47-59(84-64-41-31-52(79(10,11)12)43-61(64)62-44-53(80(13,14)15)32-42-65(62)84)45-67-73(71)81(63)74-68(85-67)48-66(72-60-23-19-20-24-69(60)86-75(72)74)83(56-35-27-50(28-36-56)77(4,5)6)57-37-29-51(30-38-57)78(7,8)9/h16-48H,1-15H3/i16D,17D,18D,21D,22D. The normalized spacial score (nSPS) is 14.3. The molecular weight excluding hydrogens is 1140 g/mol. The predicted molar refractivity (Wildman–Crippen MR) is 379 cm³/mol. The van der Waals surface area contributed by atoms with Gasteiger partial charge >= 0.3 is 484 Å². The number of para-hydroxylation sites is 1. The number of rotatable bonds is 7. The molecule has 12 aromatic rings. The van der Waals surface area contributed by atoms with Crippen molar-refractivity contribution < 1.29 is 11.6 Å². The predicted octanol–water partition coefficient (Wildman–Crippen LogP) is 19.2. The van der Waals surface area contributed by atoms with E-state index in [1.807, 2.05) is 28.4 Å². The van der Waals surface area contributed by atoms with E-state index in [9.17, 15) is 2.74 Å². The number of anilines is 6. The van der Waals surface area contributed by atoms with Gasteiger partial charge < -0.3 is 0 Å². The first-order valence-corrected chi connectivity index (χ1v) is 33.1. The van der Waals surface area contributed by atoms with E-state index in [0.717, 1.165) is 81.8 Å². The molecular formula is C80H78BN3OSSe. The van der Waals surface area contributed by atoms with Crippen LogP contribution in [0, 0.1) is 0 Å². The summed E-state index contributed by atoms with van der Waals surface area (Å²) in [7, 11) is 0. The van der Waals surface area contributed by atoms with Crippen molar-refractivity contribution in [3.8, 4) is 17.2 Å². The maximum absolute atomic E-state index is 9.47. The molecule has 0 fully saturated rings. The van der Waals surface area contributed by atoms with Crippen LogP contribution in [0.5, 0.6) is 11.5 Å². The van der Waals surface area contributed by atoms with Crippen LogP contribution in [0.4, 0.5) is 34.1 Å². The zero-order valence-corrected chi connectivity index (χ0v) is 55.3. The number of ether oxygens (including phenoxy) is 1. The number of nitrogens with zero attached hydrogens (tertiary/aromatic N) is 3. The van der Waals surface area contributed by atoms with Crippen molar-refractivity contribution in [3.63, 3.8) is 0 Å². The summed E-state index contributed by atoms with van der Waals surface area (Å²) in [4.78, 5) is 4.31. The number of hydrogen-bond donors (Lipinski definition) is 0. The van der Waals surface area contributed by atoms with Crippen molar-refractivity contribution >= 4 is 134 Å². The Balaban J connectivity index is 1.06. The van der Waals surface area contributed by atoms with E-state index in [1.54, 1.807) is 0 Å². The van der Waals surface area contributed by atoms with Gasteiger partial charge in [-0.3, -0.25) is 0 Å². The molecule has 2 aliphatic rings. The molecule has 0 radical (unpaired) electrons. The van der Waals surface area contributed by atoms with Crippen LogP contribution in [0.2, 0.25) is 0 Å². The monoisotopic (exact) mass is 1220 g/mol. The molecule has 0 N–H and O–H groups in total. The fourth-order valence-corrected chi connectivity index (χ4v) is 16.9. The Hall–Kier alpha value is -7.80. The van der Waals surface area contributed by atoms with Gasteiger partial charge in [-0.25, -0.2) is 0 Å². The fraction of sp³-hybridized carbons (Fsp3) is 0.250. The van der Waals surface area contributed by atoms with E-state index in [4.69, 9.17) is 8.85 Å². The van der Waals surface area contributed by atoms with E-state index in [1.165, 1.54) is 47.6 Å². The van der Waals surface area contributed by atoms with Crippen molar-refractivity contribution in [3.05, 3.63) is 228 Å². The first kappa shape index (κ1) is 51.3. The van der Waals surface area contributed by atoms with Crippen molar-refractivity contribution in [2.45, 2.75) is 131 Å². The summed E-state index contributed by atoms with van der Waals surface area (Å²) in [6.07, 6.45) is 0. The summed E-state index contributed by atoms with van der Waals surface area (Å²) in [5.74, 6) is 1.61. The second kappa shape index (κ2) is 20.4. The maximum atomic E-state index is 9.47. The van der Waals surface area contributed by atoms with Crippen LogP contribution in [-0.4, -0.2) is 26.2 Å². The minimum absolute atomic E-state index is 0.0442. The average Bonchev–Trinajstić information content (AvgIpc) is 1.28. The van der Waals surface area contributed by atoms with Gasteiger partial charge in [-0.15, -0.1) is 0 Å². The molecule has 434 valence electrons. The molecule has 4 heterocycles. The summed E-state index contributed by atoms with van der Waals surface area (Å²) in [5, 5.41) is 4.75. The SMILES string of the molecule is [2H]c1c([2H])c([2H])c(N(c2ccc(C(C)(C)C)cc2)c2ccc3c(c2)[Se]c2cc(-n4c5ccc(C(C)(C)C)cc5c5cc(C(C)(C)C)ccc54)cc4c2B3c2c(cc(N(c3ccc(C(C)(C)C)cc3)c3ccc(C(C)(C)C)cc3)c3c2sc2ccccc23)O4)c([2H])c1[2H]. The zero-order valence-electron chi connectivity index (χ0n) is 57.8. The van der Waals surface area contributed by atoms with Crippen molar-refractivity contribution in [2.24, 2.45) is 0 Å². The van der Waals surface area contributed by atoms with E-state index in [0.29, 0.717) is 11.4 Å². The molecule has 2 aliphatic heterocycles. The van der Waals surface area contributed by atoms with Gasteiger partial charge in [0.05, 0.1) is 0 Å². The van der Waals surface area contributed by atoms with Gasteiger partial charge in [-0.1, -0.05) is 41.5 Å². The van der Waals surface area contributed by atoms with E-state index >= 15 is 0 Å². The van der Waals surface area contributed by atoms with Crippen LogP contribution in [0.25, 0.3) is 47.7 Å². The van der Waals surface area contributed by atoms with E-state index < -0.39 is 6.04 Å². The van der Waals surface area contributed by atoms with Crippen molar-refractivity contribution in [1.29, 1.82) is 0 Å². The summed E-state index contributed by atoms with van der Waals surface area (Å²) < 4.78 is 60.4. The minimum atomic E-state index is -0.426. The number of benzene rings is 10. The molecule has 0 bridgehead atoms. The van der Waals surface area contributed by atoms with Crippen molar-refractivity contribution in [1.82, 2.24) is 4.57 Å². The number of thiophene rings is 1. The quantitative estimate of drug-likeness (QED) is 0.148. The van der Waals surface area contributed by atoms with Crippen LogP contribution < -0.4 is 39.8 Å². The Morgan fingerprint density at radius 2 is 0.920 bits per heavy atom. The molecule has 4 nitrogen and oxygen atoms in total. The van der Waals surface area contributed by atoms with Crippen molar-refractivity contribution in [2.75, 3.05) is 9.80 Å². The molecule has 14 rings (SSSR count). The van der Waals surface area contributed by atoms with Crippen LogP contribution in [0.15, 0.2) is 200 Å². The Bertz CT molecular complexity index is 4860. The molecule has 0 spiro atoms. The first-order valence-electron chi connectivity index (χ1n) is 33.1. The van der Waals surface area contributed by atoms with Gasteiger partial charge in [0.2, 0.25) is 0 Å². The Morgan fingerprint density at radius 3 is 1.45 bits per heavy atom. The summed E-state index contributed by atoms with van der Waals surface area (Å²) in [6.45, 7) is 33.6. The Labute approximate surface area is 533 Å². The second-order valence-corrected chi connectivity index (χ2v) is 32.5. The molecule has 0 unspecified atom stereocenters. The van der Waals surface area contributed by atoms with Gasteiger partial charge in [0.1, 0.15) is 0 Å². The molecule has 7 heteroatoms. The van der Waals surface area contributed by atoms with Gasteiger partial charge in [-0.2, -0.15) is 0 Å². The molecule has 0 amide bonds. The topological polar surface area (TPSA) is 20.6 Å². The Kier molecular flexibility index (Phi) is 12.0. The van der Waals surface area contributed by atoms with Gasteiger partial charge in [0, 0.05) is 0 Å². The molecule has 0 saturated carbocycles. The average molecular weight is 1220 g/mol. The molecule has 2 aromatic heterocycles. The summed E-state index contributed by atoms with van der Waals surface area (Å²) in [6, 6.07) is 61.2. The summed E-state index contributed by atoms with van der Waals surface area (Å²) >= 11 is 1.50. The first-order chi connectivity index (χ1) is 43.3. The molecule has 0 aliphatic carbocycles. The Morgan fingerprint density at radius 1 is 0.437 bits per heavy atom. The van der Waals surface area contributed by atoms with Crippen LogP contribution in [0.3, 0.4) is 0 Å². The van der Waals surface area contributed by atoms with Crippen LogP contribution >= 0.6 is 11.3 Å². The van der Waals surface area contributed by atoms with Gasteiger partial charge in [0.25, 0.3) is 0 Å². The van der Waals surface area contributed by atoms with E-state index in [-0.39, 0.29) is 78.6 Å². The molecule has 10 aromatic carbocycles. The third-order valence-corrected chi connectivity index (χ3v) is 21.6. The summed E-state index contributed by atoms with van der Waals surface area (Å²) in [5.41, 5.74) is 17.1. The van der Waals surface area contributed by atoms with Gasteiger partial charge in [0.15, 0.2) is 0 Å². The molecule has 0 saturated heterocycles. The third kappa shape index (κ3) is 9.90. The number of aromatic nitrogens is 1. The van der Waals surface area contributed by atoms with Crippen LogP contribution in [-0.2, 0) is 27.1 Å². The van der Waals surface area contributed by atoms with Crippen LogP contribution in [0.1, 0.15) is 139 Å². The molecule has 87 heavy (non-hydrogen) atoms. The zero-order chi connectivity index (χ0) is 65.2.